The van der Waals surface area contributed by atoms with Crippen LogP contribution in [0.4, 0.5) is 8.78 Å². The maximum Gasteiger partial charge on any atom is 0.249 e. The summed E-state index contributed by atoms with van der Waals surface area (Å²) in [4.78, 5) is 16.6. The molecule has 2 aromatic carbocycles. The molecule has 0 aliphatic carbocycles. The van der Waals surface area contributed by atoms with Crippen LogP contribution in [-0.2, 0) is 4.79 Å². The van der Waals surface area contributed by atoms with Crippen LogP contribution in [0.5, 0.6) is 0 Å². The van der Waals surface area contributed by atoms with Gasteiger partial charge in [-0.3, -0.25) is 10.2 Å². The molecule has 0 fully saturated rings. The summed E-state index contributed by atoms with van der Waals surface area (Å²) in [6, 6.07) is 10.9. The van der Waals surface area contributed by atoms with Gasteiger partial charge in [0.15, 0.2) is 11.6 Å². The highest BCUT2D eigenvalue weighted by Gasteiger charge is 2.08. The van der Waals surface area contributed by atoms with E-state index in [1.807, 2.05) is 24.3 Å². The third-order valence-corrected chi connectivity index (χ3v) is 3.95. The van der Waals surface area contributed by atoms with Gasteiger partial charge in [0.2, 0.25) is 5.91 Å². The van der Waals surface area contributed by atoms with Crippen molar-refractivity contribution in [3.8, 4) is 0 Å². The summed E-state index contributed by atoms with van der Waals surface area (Å²) < 4.78 is 27.4. The van der Waals surface area contributed by atoms with Crippen molar-refractivity contribution < 1.29 is 13.6 Å². The second-order valence-corrected chi connectivity index (χ2v) is 5.55. The first-order valence-electron chi connectivity index (χ1n) is 6.43. The van der Waals surface area contributed by atoms with Crippen LogP contribution in [-0.4, -0.2) is 21.3 Å². The van der Waals surface area contributed by atoms with Crippen molar-refractivity contribution >= 4 is 28.7 Å². The number of para-hydroxylation sites is 2. The lowest BCUT2D eigenvalue weighted by Gasteiger charge is -2.07. The van der Waals surface area contributed by atoms with Gasteiger partial charge in [0, 0.05) is 4.90 Å². The van der Waals surface area contributed by atoms with Crippen molar-refractivity contribution in [2.24, 2.45) is 0 Å². The molecule has 0 saturated heterocycles. The number of hydrogen-bond acceptors (Lipinski definition) is 3. The molecule has 0 aliphatic rings. The second kappa shape index (κ2) is 6.15. The molecule has 7 heteroatoms. The van der Waals surface area contributed by atoms with E-state index in [4.69, 9.17) is 0 Å². The summed E-state index contributed by atoms with van der Waals surface area (Å²) in [6.45, 7) is 0. The van der Waals surface area contributed by atoms with Crippen molar-refractivity contribution in [3.05, 3.63) is 60.4 Å². The largest absolute Gasteiger partial charge is 0.272 e. The van der Waals surface area contributed by atoms with Gasteiger partial charge in [-0.05, 0) is 30.3 Å². The number of benzene rings is 2. The highest BCUT2D eigenvalue weighted by Crippen LogP contribution is 2.20. The van der Waals surface area contributed by atoms with Gasteiger partial charge in [-0.1, -0.05) is 12.1 Å². The number of amides is 1. The van der Waals surface area contributed by atoms with Crippen molar-refractivity contribution in [1.82, 2.24) is 9.66 Å². The lowest BCUT2D eigenvalue weighted by atomic mass is 10.3. The van der Waals surface area contributed by atoms with E-state index in [1.165, 1.54) is 17.1 Å². The monoisotopic (exact) mass is 319 g/mol. The number of carbonyl (C=O) groups is 1. The summed E-state index contributed by atoms with van der Waals surface area (Å²) in [6.07, 6.45) is 1.52. The first kappa shape index (κ1) is 14.5. The van der Waals surface area contributed by atoms with E-state index in [0.717, 1.165) is 34.9 Å². The number of rotatable bonds is 4. The zero-order valence-electron chi connectivity index (χ0n) is 11.3. The number of hydrogen-bond donors (Lipinski definition) is 1. The maximum atomic E-state index is 13.1. The van der Waals surface area contributed by atoms with Crippen LogP contribution in [0.2, 0.25) is 0 Å². The third kappa shape index (κ3) is 3.09. The molecule has 4 nitrogen and oxygen atoms in total. The van der Waals surface area contributed by atoms with Gasteiger partial charge < -0.3 is 0 Å². The summed E-state index contributed by atoms with van der Waals surface area (Å²) in [5.74, 6) is -2.01. The lowest BCUT2D eigenvalue weighted by molar-refractivity contribution is -0.114. The predicted molar refractivity (Wildman–Crippen MR) is 81.2 cm³/mol. The average molecular weight is 319 g/mol. The van der Waals surface area contributed by atoms with E-state index >= 15 is 0 Å². The fourth-order valence-corrected chi connectivity index (χ4v) is 2.64. The van der Waals surface area contributed by atoms with Gasteiger partial charge in [0.05, 0.1) is 16.8 Å². The highest BCUT2D eigenvalue weighted by molar-refractivity contribution is 8.00. The zero-order chi connectivity index (χ0) is 15.5. The van der Waals surface area contributed by atoms with Crippen LogP contribution in [0.3, 0.4) is 0 Å². The van der Waals surface area contributed by atoms with Crippen molar-refractivity contribution in [1.29, 1.82) is 0 Å². The Kier molecular flexibility index (Phi) is 4.06. The molecule has 3 rings (SSSR count). The van der Waals surface area contributed by atoms with E-state index in [2.05, 4.69) is 10.4 Å². The average Bonchev–Trinajstić information content (AvgIpc) is 2.92. The molecular weight excluding hydrogens is 308 g/mol. The van der Waals surface area contributed by atoms with Gasteiger partial charge >= 0.3 is 0 Å². The molecule has 0 spiro atoms. The standard InChI is InChI=1S/C15H11F2N3OS/c16-11-6-5-10(7-12(11)17)22-8-15(21)19-20-9-18-13-3-1-2-4-14(13)20/h1-7,9H,8H2,(H,19,21). The Morgan fingerprint density at radius 1 is 1.18 bits per heavy atom. The summed E-state index contributed by atoms with van der Waals surface area (Å²) in [5, 5.41) is 0. The summed E-state index contributed by atoms with van der Waals surface area (Å²) in [7, 11) is 0. The smallest absolute Gasteiger partial charge is 0.249 e. The second-order valence-electron chi connectivity index (χ2n) is 4.50. The molecule has 3 aromatic rings. The Balaban J connectivity index is 1.64. The highest BCUT2D eigenvalue weighted by atomic mass is 32.2. The lowest BCUT2D eigenvalue weighted by Crippen LogP contribution is -2.23. The number of halogens is 2. The Morgan fingerprint density at radius 3 is 2.82 bits per heavy atom. The molecule has 22 heavy (non-hydrogen) atoms. The Hall–Kier alpha value is -2.41. The molecule has 1 aromatic heterocycles. The van der Waals surface area contributed by atoms with Gasteiger partial charge in [0.1, 0.15) is 6.33 Å². The van der Waals surface area contributed by atoms with Crippen molar-refractivity contribution in [2.75, 3.05) is 11.2 Å². The molecule has 0 radical (unpaired) electrons. The summed E-state index contributed by atoms with van der Waals surface area (Å²) in [5.41, 5.74) is 4.25. The van der Waals surface area contributed by atoms with Crippen LogP contribution in [0.25, 0.3) is 11.0 Å². The number of thioether (sulfide) groups is 1. The minimum absolute atomic E-state index is 0.0809. The molecule has 1 amide bonds. The minimum atomic E-state index is -0.925. The fourth-order valence-electron chi connectivity index (χ4n) is 1.93. The van der Waals surface area contributed by atoms with Crippen molar-refractivity contribution in [3.63, 3.8) is 0 Å². The quantitative estimate of drug-likeness (QED) is 0.751. The van der Waals surface area contributed by atoms with Crippen molar-refractivity contribution in [2.45, 2.75) is 4.90 Å². The van der Waals surface area contributed by atoms with E-state index in [9.17, 15) is 13.6 Å². The molecule has 112 valence electrons. The van der Waals surface area contributed by atoms with E-state index < -0.39 is 11.6 Å². The first-order chi connectivity index (χ1) is 10.6. The van der Waals surface area contributed by atoms with Crippen LogP contribution >= 0.6 is 11.8 Å². The van der Waals surface area contributed by atoms with Gasteiger partial charge in [-0.2, -0.15) is 0 Å². The Labute approximate surface area is 129 Å². The number of fused-ring (bicyclic) bond motifs is 1. The molecule has 0 bridgehead atoms. The third-order valence-electron chi connectivity index (χ3n) is 2.96. The number of nitrogens with zero attached hydrogens (tertiary/aromatic N) is 2. The molecule has 0 atom stereocenters. The fraction of sp³-hybridized carbons (Fsp3) is 0.0667. The van der Waals surface area contributed by atoms with E-state index in [1.54, 1.807) is 0 Å². The number of aromatic nitrogens is 2. The molecule has 0 unspecified atom stereocenters. The van der Waals surface area contributed by atoms with Crippen LogP contribution in [0.1, 0.15) is 0 Å². The molecule has 1 N–H and O–H groups in total. The number of nitrogens with one attached hydrogen (secondary N) is 1. The number of carbonyl (C=O) groups excluding carboxylic acids is 1. The minimum Gasteiger partial charge on any atom is -0.272 e. The zero-order valence-corrected chi connectivity index (χ0v) is 12.1. The number of imidazole rings is 1. The van der Waals surface area contributed by atoms with Gasteiger partial charge in [0.25, 0.3) is 0 Å². The Morgan fingerprint density at radius 2 is 2.00 bits per heavy atom. The molecule has 1 heterocycles. The molecule has 0 aliphatic heterocycles. The van der Waals surface area contributed by atoms with Crippen LogP contribution in [0, 0.1) is 11.6 Å². The van der Waals surface area contributed by atoms with E-state index in [0.29, 0.717) is 4.90 Å². The predicted octanol–water partition coefficient (Wildman–Crippen LogP) is 3.18. The van der Waals surface area contributed by atoms with Crippen LogP contribution in [0.15, 0.2) is 53.7 Å². The Bertz CT molecular complexity index is 835. The summed E-state index contributed by atoms with van der Waals surface area (Å²) >= 11 is 1.13. The van der Waals surface area contributed by atoms with Crippen LogP contribution < -0.4 is 5.43 Å². The van der Waals surface area contributed by atoms with E-state index in [-0.39, 0.29) is 11.7 Å². The molecule has 0 saturated carbocycles. The maximum absolute atomic E-state index is 13.1. The normalized spacial score (nSPS) is 10.8. The molecular formula is C15H11F2N3OS. The van der Waals surface area contributed by atoms with Gasteiger partial charge in [-0.15, -0.1) is 11.8 Å². The first-order valence-corrected chi connectivity index (χ1v) is 7.42. The SMILES string of the molecule is O=C(CSc1ccc(F)c(F)c1)Nn1cnc2ccccc21. The van der Waals surface area contributed by atoms with Gasteiger partial charge in [-0.25, -0.2) is 18.4 Å². The topological polar surface area (TPSA) is 46.9 Å².